The monoisotopic (exact) mass is 255 g/mol. The first-order valence-corrected chi connectivity index (χ1v) is 6.91. The predicted molar refractivity (Wildman–Crippen MR) is 70.5 cm³/mol. The molecule has 1 aromatic rings. The summed E-state index contributed by atoms with van der Waals surface area (Å²) in [5, 5.41) is 7.81. The summed E-state index contributed by atoms with van der Waals surface area (Å²) < 4.78 is 5.81. The number of hydrogen-bond acceptors (Lipinski definition) is 5. The first-order valence-electron chi connectivity index (χ1n) is 6.09. The van der Waals surface area contributed by atoms with Crippen LogP contribution in [0.5, 0.6) is 0 Å². The zero-order valence-corrected chi connectivity index (χ0v) is 11.6. The number of rotatable bonds is 6. The van der Waals surface area contributed by atoms with Crippen LogP contribution in [0.1, 0.15) is 29.8 Å². The molecule has 0 radical (unpaired) electrons. The fraction of sp³-hybridized carbons (Fsp3) is 0.750. The average molecular weight is 255 g/mol. The van der Waals surface area contributed by atoms with Crippen LogP contribution < -0.4 is 10.6 Å². The summed E-state index contributed by atoms with van der Waals surface area (Å²) in [5.41, 5.74) is 0.0582. The molecule has 2 N–H and O–H groups in total. The van der Waals surface area contributed by atoms with E-state index in [2.05, 4.69) is 36.4 Å². The number of nitrogens with zero attached hydrogens (tertiary/aromatic N) is 1. The molecule has 2 heterocycles. The third kappa shape index (κ3) is 3.48. The van der Waals surface area contributed by atoms with E-state index in [0.717, 1.165) is 31.2 Å². The average Bonchev–Trinajstić information content (AvgIpc) is 2.68. The van der Waals surface area contributed by atoms with Gasteiger partial charge in [-0.1, -0.05) is 0 Å². The molecule has 0 amide bonds. The van der Waals surface area contributed by atoms with Crippen molar-refractivity contribution >= 4 is 11.3 Å². The van der Waals surface area contributed by atoms with Crippen molar-refractivity contribution in [3.8, 4) is 0 Å². The number of nitrogens with one attached hydrogen (secondary N) is 2. The Morgan fingerprint density at radius 3 is 2.94 bits per heavy atom. The molecule has 0 spiro atoms. The Morgan fingerprint density at radius 2 is 2.41 bits per heavy atom. The first-order chi connectivity index (χ1) is 8.09. The summed E-state index contributed by atoms with van der Waals surface area (Å²) in [4.78, 5) is 5.64. The minimum atomic E-state index is 0.0582. The van der Waals surface area contributed by atoms with Crippen molar-refractivity contribution in [3.63, 3.8) is 0 Å². The molecule has 2 rings (SSSR count). The molecule has 96 valence electrons. The number of aromatic nitrogens is 1. The van der Waals surface area contributed by atoms with Gasteiger partial charge in [-0.25, -0.2) is 4.98 Å². The van der Waals surface area contributed by atoms with Crippen LogP contribution >= 0.6 is 11.3 Å². The quantitative estimate of drug-likeness (QED) is 0.756. The molecular weight excluding hydrogens is 234 g/mol. The van der Waals surface area contributed by atoms with E-state index in [4.69, 9.17) is 4.74 Å². The molecule has 1 atom stereocenters. The van der Waals surface area contributed by atoms with Crippen LogP contribution in [0.25, 0.3) is 0 Å². The Labute approximate surface area is 107 Å². The second-order valence-electron chi connectivity index (χ2n) is 4.89. The van der Waals surface area contributed by atoms with Gasteiger partial charge in [0.15, 0.2) is 0 Å². The summed E-state index contributed by atoms with van der Waals surface area (Å²) in [5.74, 6) is 0. The van der Waals surface area contributed by atoms with Crippen LogP contribution in [0.15, 0.2) is 6.20 Å². The van der Waals surface area contributed by atoms with Gasteiger partial charge in [-0.2, -0.15) is 0 Å². The van der Waals surface area contributed by atoms with Gasteiger partial charge < -0.3 is 15.4 Å². The van der Waals surface area contributed by atoms with Crippen LogP contribution in [-0.4, -0.2) is 36.8 Å². The standard InChI is InChI=1S/C12H21N3OS/c1-9-6-15-11(17-9)10(2)14-4-5-16-12(3)7-13-8-12/h6,10,13-14H,4-5,7-8H2,1-3H3. The van der Waals surface area contributed by atoms with Crippen LogP contribution in [0.4, 0.5) is 0 Å². The molecule has 17 heavy (non-hydrogen) atoms. The third-order valence-corrected chi connectivity index (χ3v) is 4.11. The molecule has 0 saturated carbocycles. The van der Waals surface area contributed by atoms with Gasteiger partial charge in [0.25, 0.3) is 0 Å². The minimum Gasteiger partial charge on any atom is -0.371 e. The highest BCUT2D eigenvalue weighted by atomic mass is 32.1. The maximum Gasteiger partial charge on any atom is 0.109 e. The number of hydrogen-bond donors (Lipinski definition) is 2. The number of aryl methyl sites for hydroxylation is 1. The fourth-order valence-corrected chi connectivity index (χ4v) is 2.61. The largest absolute Gasteiger partial charge is 0.371 e. The van der Waals surface area contributed by atoms with Gasteiger partial charge in [0, 0.05) is 30.7 Å². The Balaban J connectivity index is 1.64. The van der Waals surface area contributed by atoms with E-state index >= 15 is 0 Å². The van der Waals surface area contributed by atoms with Gasteiger partial charge in [-0.15, -0.1) is 11.3 Å². The van der Waals surface area contributed by atoms with Crippen molar-refractivity contribution in [3.05, 3.63) is 16.1 Å². The van der Waals surface area contributed by atoms with Crippen LogP contribution in [-0.2, 0) is 4.74 Å². The van der Waals surface area contributed by atoms with E-state index in [0.29, 0.717) is 6.04 Å². The SMILES string of the molecule is Cc1cnc(C(C)NCCOC2(C)CNC2)s1. The third-order valence-electron chi connectivity index (χ3n) is 3.01. The lowest BCUT2D eigenvalue weighted by Crippen LogP contribution is -2.59. The smallest absolute Gasteiger partial charge is 0.109 e. The van der Waals surface area contributed by atoms with Gasteiger partial charge in [-0.05, 0) is 20.8 Å². The van der Waals surface area contributed by atoms with Crippen molar-refractivity contribution in [1.82, 2.24) is 15.6 Å². The molecule has 5 heteroatoms. The Hall–Kier alpha value is -0.490. The number of thiazole rings is 1. The highest BCUT2D eigenvalue weighted by Gasteiger charge is 2.32. The summed E-state index contributed by atoms with van der Waals surface area (Å²) in [6.45, 7) is 9.94. The lowest BCUT2D eigenvalue weighted by atomic mass is 10.0. The molecule has 0 aliphatic carbocycles. The second-order valence-corrected chi connectivity index (χ2v) is 6.15. The molecular formula is C12H21N3OS. The molecule has 1 aliphatic rings. The summed E-state index contributed by atoms with van der Waals surface area (Å²) >= 11 is 1.75. The van der Waals surface area contributed by atoms with Crippen LogP contribution in [0.3, 0.4) is 0 Å². The van der Waals surface area contributed by atoms with Gasteiger partial charge >= 0.3 is 0 Å². The van der Waals surface area contributed by atoms with Gasteiger partial charge in [-0.3, -0.25) is 0 Å². The maximum absolute atomic E-state index is 5.81. The molecule has 0 aromatic carbocycles. The summed E-state index contributed by atoms with van der Waals surface area (Å²) in [7, 11) is 0. The van der Waals surface area contributed by atoms with Crippen molar-refractivity contribution in [2.75, 3.05) is 26.2 Å². The molecule has 4 nitrogen and oxygen atoms in total. The van der Waals surface area contributed by atoms with E-state index in [9.17, 15) is 0 Å². The second kappa shape index (κ2) is 5.44. The Morgan fingerprint density at radius 1 is 1.65 bits per heavy atom. The van der Waals surface area contributed by atoms with Crippen molar-refractivity contribution in [2.45, 2.75) is 32.4 Å². The van der Waals surface area contributed by atoms with Crippen LogP contribution in [0.2, 0.25) is 0 Å². The maximum atomic E-state index is 5.81. The number of ether oxygens (including phenoxy) is 1. The molecule has 0 bridgehead atoms. The van der Waals surface area contributed by atoms with Crippen molar-refractivity contribution < 1.29 is 4.74 Å². The normalized spacial score (nSPS) is 19.9. The molecule has 1 aromatic heterocycles. The molecule has 1 saturated heterocycles. The summed E-state index contributed by atoms with van der Waals surface area (Å²) in [6, 6.07) is 0.310. The molecule has 1 unspecified atom stereocenters. The lowest BCUT2D eigenvalue weighted by molar-refractivity contribution is -0.0652. The summed E-state index contributed by atoms with van der Waals surface area (Å²) in [6.07, 6.45) is 1.93. The fourth-order valence-electron chi connectivity index (χ4n) is 1.81. The Bertz CT molecular complexity index is 362. The lowest BCUT2D eigenvalue weighted by Gasteiger charge is -2.39. The van der Waals surface area contributed by atoms with Gasteiger partial charge in [0.1, 0.15) is 5.01 Å². The van der Waals surface area contributed by atoms with Crippen LogP contribution in [0, 0.1) is 6.92 Å². The zero-order valence-electron chi connectivity index (χ0n) is 10.7. The molecule has 1 aliphatic heterocycles. The van der Waals surface area contributed by atoms with E-state index in [1.807, 2.05) is 6.20 Å². The zero-order chi connectivity index (χ0) is 12.3. The highest BCUT2D eigenvalue weighted by Crippen LogP contribution is 2.19. The minimum absolute atomic E-state index is 0.0582. The molecule has 1 fully saturated rings. The predicted octanol–water partition coefficient (Wildman–Crippen LogP) is 1.48. The van der Waals surface area contributed by atoms with Crippen molar-refractivity contribution in [2.24, 2.45) is 0 Å². The topological polar surface area (TPSA) is 46.2 Å². The van der Waals surface area contributed by atoms with Crippen molar-refractivity contribution in [1.29, 1.82) is 0 Å². The van der Waals surface area contributed by atoms with E-state index in [1.54, 1.807) is 11.3 Å². The van der Waals surface area contributed by atoms with E-state index in [1.165, 1.54) is 4.88 Å². The first kappa shape index (κ1) is 13.0. The van der Waals surface area contributed by atoms with E-state index < -0.39 is 0 Å². The highest BCUT2D eigenvalue weighted by molar-refractivity contribution is 7.11. The Kier molecular flexibility index (Phi) is 4.14. The van der Waals surface area contributed by atoms with Gasteiger partial charge in [0.05, 0.1) is 18.2 Å². The van der Waals surface area contributed by atoms with E-state index in [-0.39, 0.29) is 5.60 Å². The van der Waals surface area contributed by atoms with Gasteiger partial charge in [0.2, 0.25) is 0 Å².